The quantitative estimate of drug-likeness (QED) is 0.201. The summed E-state index contributed by atoms with van der Waals surface area (Å²) in [6.07, 6.45) is 18.9. The zero-order valence-electron chi connectivity index (χ0n) is 17.0. The van der Waals surface area contributed by atoms with E-state index in [0.29, 0.717) is 6.42 Å². The van der Waals surface area contributed by atoms with Gasteiger partial charge in [0.05, 0.1) is 6.61 Å². The molecule has 0 spiro atoms. The van der Waals surface area contributed by atoms with Crippen LogP contribution in [0.1, 0.15) is 117 Å². The third-order valence-corrected chi connectivity index (χ3v) is 5.36. The van der Waals surface area contributed by atoms with Crippen molar-refractivity contribution in [2.45, 2.75) is 117 Å². The molecule has 0 heterocycles. The third kappa shape index (κ3) is 23.2. The molecule has 0 atom stereocenters. The van der Waals surface area contributed by atoms with Crippen LogP contribution in [0.3, 0.4) is 0 Å². The monoisotopic (exact) mass is 432 g/mol. The van der Waals surface area contributed by atoms with Crippen molar-refractivity contribution in [3.8, 4) is 0 Å². The molecule has 0 aliphatic heterocycles. The van der Waals surface area contributed by atoms with Crippen LogP contribution in [-0.2, 0) is 23.6 Å². The third-order valence-electron chi connectivity index (χ3n) is 4.44. The molecular formula is C20H41KO5S. The molecule has 5 nitrogen and oxygen atoms in total. The van der Waals surface area contributed by atoms with Crippen LogP contribution in [0.2, 0.25) is 0 Å². The maximum absolute atomic E-state index is 11.4. The van der Waals surface area contributed by atoms with Crippen molar-refractivity contribution >= 4 is 67.8 Å². The van der Waals surface area contributed by atoms with Gasteiger partial charge in [-0.05, 0) is 13.3 Å². The molecule has 0 rings (SSSR count). The SMILES string of the molecule is CCCCCCCCCCCCCCCCCC(=O)OS(=O)(=O)OCC.[KH]. The first kappa shape index (κ1) is 30.2. The van der Waals surface area contributed by atoms with Crippen molar-refractivity contribution in [2.75, 3.05) is 6.61 Å². The van der Waals surface area contributed by atoms with Gasteiger partial charge in [-0.3, -0.25) is 4.79 Å². The topological polar surface area (TPSA) is 69.7 Å². The Kier molecular flexibility index (Phi) is 24.3. The van der Waals surface area contributed by atoms with Crippen molar-refractivity contribution in [2.24, 2.45) is 0 Å². The molecule has 0 unspecified atom stereocenters. The molecule has 0 saturated heterocycles. The van der Waals surface area contributed by atoms with E-state index in [1.165, 1.54) is 84.0 Å². The van der Waals surface area contributed by atoms with Gasteiger partial charge in [-0.1, -0.05) is 96.8 Å². The van der Waals surface area contributed by atoms with Crippen LogP contribution in [0.15, 0.2) is 0 Å². The molecule has 0 amide bonds. The Morgan fingerprint density at radius 3 is 1.41 bits per heavy atom. The average molecular weight is 433 g/mol. The van der Waals surface area contributed by atoms with E-state index in [9.17, 15) is 13.2 Å². The molecule has 27 heavy (non-hydrogen) atoms. The molecule has 7 heteroatoms. The van der Waals surface area contributed by atoms with Gasteiger partial charge in [-0.25, -0.2) is 4.18 Å². The summed E-state index contributed by atoms with van der Waals surface area (Å²) in [4.78, 5) is 11.4. The summed E-state index contributed by atoms with van der Waals surface area (Å²) in [6, 6.07) is 0. The number of hydrogen-bond donors (Lipinski definition) is 0. The number of rotatable bonds is 19. The van der Waals surface area contributed by atoms with Gasteiger partial charge in [-0.2, -0.15) is 8.42 Å². The molecule has 0 saturated carbocycles. The van der Waals surface area contributed by atoms with Gasteiger partial charge >= 0.3 is 67.8 Å². The molecule has 0 fully saturated rings. The Hall–Kier alpha value is 1.02. The molecule has 158 valence electrons. The van der Waals surface area contributed by atoms with E-state index in [1.54, 1.807) is 0 Å². The van der Waals surface area contributed by atoms with E-state index in [0.717, 1.165) is 12.8 Å². The molecule has 0 aliphatic rings. The Morgan fingerprint density at radius 2 is 1.04 bits per heavy atom. The van der Waals surface area contributed by atoms with Crippen molar-refractivity contribution in [1.29, 1.82) is 0 Å². The van der Waals surface area contributed by atoms with Crippen LogP contribution in [0.4, 0.5) is 0 Å². The average Bonchev–Trinajstić information content (AvgIpc) is 2.57. The first-order chi connectivity index (χ1) is 12.5. The summed E-state index contributed by atoms with van der Waals surface area (Å²) in [5.41, 5.74) is 0. The van der Waals surface area contributed by atoms with Crippen molar-refractivity contribution < 1.29 is 21.6 Å². The van der Waals surface area contributed by atoms with Crippen LogP contribution < -0.4 is 0 Å². The summed E-state index contributed by atoms with van der Waals surface area (Å²) in [7, 11) is -4.15. The molecule has 0 radical (unpaired) electrons. The van der Waals surface area contributed by atoms with Gasteiger partial charge in [-0.15, -0.1) is 0 Å². The first-order valence-electron chi connectivity index (χ1n) is 10.6. The first-order valence-corrected chi connectivity index (χ1v) is 12.0. The maximum atomic E-state index is 11.4. The van der Waals surface area contributed by atoms with Crippen molar-refractivity contribution in [1.82, 2.24) is 0 Å². The van der Waals surface area contributed by atoms with Gasteiger partial charge in [0, 0.05) is 6.42 Å². The number of hydrogen-bond acceptors (Lipinski definition) is 5. The van der Waals surface area contributed by atoms with E-state index < -0.39 is 16.4 Å². The van der Waals surface area contributed by atoms with Gasteiger partial charge in [0.25, 0.3) is 0 Å². The minimum atomic E-state index is -4.15. The summed E-state index contributed by atoms with van der Waals surface area (Å²) < 4.78 is 30.9. The summed E-state index contributed by atoms with van der Waals surface area (Å²) in [6.45, 7) is 3.75. The van der Waals surface area contributed by atoms with Gasteiger partial charge < -0.3 is 4.18 Å². The van der Waals surface area contributed by atoms with Crippen LogP contribution in [0.25, 0.3) is 0 Å². The van der Waals surface area contributed by atoms with E-state index in [2.05, 4.69) is 15.3 Å². The Balaban J connectivity index is 0. The van der Waals surface area contributed by atoms with Crippen molar-refractivity contribution in [3.05, 3.63) is 0 Å². The fourth-order valence-corrected chi connectivity index (χ4v) is 3.61. The minimum absolute atomic E-state index is 0. The molecular weight excluding hydrogens is 391 g/mol. The molecule has 0 aromatic carbocycles. The van der Waals surface area contributed by atoms with E-state index in [-0.39, 0.29) is 64.4 Å². The van der Waals surface area contributed by atoms with Gasteiger partial charge in [0.1, 0.15) is 0 Å². The molecule has 0 aromatic rings. The number of carbonyl (C=O) groups is 1. The van der Waals surface area contributed by atoms with Crippen molar-refractivity contribution in [3.63, 3.8) is 0 Å². The van der Waals surface area contributed by atoms with E-state index in [1.807, 2.05) is 0 Å². The Bertz CT molecular complexity index is 426. The second-order valence-corrected chi connectivity index (χ2v) is 8.19. The predicted molar refractivity (Wildman–Crippen MR) is 113 cm³/mol. The second kappa shape index (κ2) is 21.7. The molecule has 0 aromatic heterocycles. The van der Waals surface area contributed by atoms with Crippen LogP contribution in [0.5, 0.6) is 0 Å². The second-order valence-electron chi connectivity index (χ2n) is 6.97. The van der Waals surface area contributed by atoms with Crippen LogP contribution in [-0.4, -0.2) is 72.4 Å². The van der Waals surface area contributed by atoms with Gasteiger partial charge in [0.15, 0.2) is 0 Å². The van der Waals surface area contributed by atoms with E-state index in [4.69, 9.17) is 0 Å². The fourth-order valence-electron chi connectivity index (χ4n) is 2.96. The fraction of sp³-hybridized carbons (Fsp3) is 0.950. The van der Waals surface area contributed by atoms with Crippen LogP contribution >= 0.6 is 0 Å². The summed E-state index contributed by atoms with van der Waals surface area (Å²) in [5.74, 6) is -0.729. The number of unbranched alkanes of at least 4 members (excludes halogenated alkanes) is 14. The standard InChI is InChI=1S/C20H40O5S.K.H/c1-3-5-6-7-8-9-10-11-12-13-14-15-16-17-18-19-20(21)25-26(22,23)24-4-2;;/h3-19H2,1-2H3;;. The Labute approximate surface area is 210 Å². The van der Waals surface area contributed by atoms with Gasteiger partial charge in [0.2, 0.25) is 0 Å². The van der Waals surface area contributed by atoms with E-state index >= 15 is 0 Å². The Morgan fingerprint density at radius 1 is 0.667 bits per heavy atom. The summed E-state index contributed by atoms with van der Waals surface area (Å²) >= 11 is 0. The summed E-state index contributed by atoms with van der Waals surface area (Å²) in [5, 5.41) is 0. The zero-order chi connectivity index (χ0) is 19.5. The predicted octanol–water partition coefficient (Wildman–Crippen LogP) is 5.42. The van der Waals surface area contributed by atoms with Crippen LogP contribution in [0, 0.1) is 0 Å². The molecule has 0 N–H and O–H groups in total. The zero-order valence-corrected chi connectivity index (χ0v) is 17.8. The normalized spacial score (nSPS) is 11.2. The number of carbonyl (C=O) groups excluding carboxylic acids is 1. The molecule has 0 bridgehead atoms. The molecule has 0 aliphatic carbocycles.